The van der Waals surface area contributed by atoms with Crippen LogP contribution in [0.3, 0.4) is 0 Å². The number of amides is 1. The van der Waals surface area contributed by atoms with Crippen molar-refractivity contribution in [3.63, 3.8) is 0 Å². The Bertz CT molecular complexity index is 1020. The van der Waals surface area contributed by atoms with E-state index in [1.165, 1.54) is 6.20 Å². The number of carbonyl (C=O) groups is 2. The van der Waals surface area contributed by atoms with Gasteiger partial charge in [-0.3, -0.25) is 9.48 Å². The molecule has 7 nitrogen and oxygen atoms in total. The van der Waals surface area contributed by atoms with E-state index in [9.17, 15) is 9.59 Å². The van der Waals surface area contributed by atoms with E-state index in [0.717, 1.165) is 29.1 Å². The maximum Gasteiger partial charge on any atom is 0.338 e. The molecular formula is C20H20N4O3S. The molecule has 2 aromatic heterocycles. The van der Waals surface area contributed by atoms with Crippen LogP contribution >= 0.6 is 11.3 Å². The van der Waals surface area contributed by atoms with Crippen LogP contribution in [0.2, 0.25) is 0 Å². The van der Waals surface area contributed by atoms with E-state index in [2.05, 4.69) is 10.1 Å². The minimum atomic E-state index is -0.978. The first-order valence-corrected chi connectivity index (χ1v) is 9.98. The lowest BCUT2D eigenvalue weighted by Gasteiger charge is -2.32. The smallest absolute Gasteiger partial charge is 0.338 e. The minimum absolute atomic E-state index is 0.0141. The maximum absolute atomic E-state index is 12.9. The first-order valence-electron chi connectivity index (χ1n) is 9.10. The molecule has 144 valence electrons. The molecular weight excluding hydrogens is 376 g/mol. The number of aromatic carboxylic acids is 1. The number of hydrogen-bond acceptors (Lipinski definition) is 5. The highest BCUT2D eigenvalue weighted by Gasteiger charge is 2.25. The van der Waals surface area contributed by atoms with Crippen LogP contribution in [0.5, 0.6) is 0 Å². The van der Waals surface area contributed by atoms with E-state index in [4.69, 9.17) is 5.11 Å². The monoisotopic (exact) mass is 396 g/mol. The summed E-state index contributed by atoms with van der Waals surface area (Å²) in [7, 11) is 0. The van der Waals surface area contributed by atoms with Gasteiger partial charge in [-0.25, -0.2) is 9.78 Å². The largest absolute Gasteiger partial charge is 0.478 e. The number of carboxylic acid groups (broad SMARTS) is 1. The summed E-state index contributed by atoms with van der Waals surface area (Å²) in [6.07, 6.45) is 4.42. The van der Waals surface area contributed by atoms with Gasteiger partial charge >= 0.3 is 5.97 Å². The number of likely N-dealkylation sites (tertiary alicyclic amines) is 1. The molecule has 1 N–H and O–H groups in total. The van der Waals surface area contributed by atoms with E-state index >= 15 is 0 Å². The van der Waals surface area contributed by atoms with Crippen molar-refractivity contribution in [3.05, 3.63) is 58.9 Å². The second kappa shape index (κ2) is 7.55. The number of rotatable bonds is 4. The molecule has 1 saturated heterocycles. The molecule has 1 aliphatic heterocycles. The number of aryl methyl sites for hydroxylation is 1. The van der Waals surface area contributed by atoms with Gasteiger partial charge in [-0.2, -0.15) is 5.10 Å². The lowest BCUT2D eigenvalue weighted by Crippen LogP contribution is -2.39. The minimum Gasteiger partial charge on any atom is -0.478 e. The van der Waals surface area contributed by atoms with E-state index in [1.807, 2.05) is 41.5 Å². The Labute approximate surface area is 166 Å². The first-order chi connectivity index (χ1) is 13.5. The highest BCUT2D eigenvalue weighted by atomic mass is 32.1. The molecule has 1 aromatic carbocycles. The molecule has 0 unspecified atom stereocenters. The topological polar surface area (TPSA) is 88.3 Å². The van der Waals surface area contributed by atoms with Gasteiger partial charge in [0, 0.05) is 41.5 Å². The van der Waals surface area contributed by atoms with Crippen LogP contribution in [0.15, 0.2) is 42.0 Å². The average Bonchev–Trinajstić information content (AvgIpc) is 3.37. The summed E-state index contributed by atoms with van der Waals surface area (Å²) in [6.45, 7) is 3.19. The molecule has 8 heteroatoms. The molecule has 0 saturated carbocycles. The summed E-state index contributed by atoms with van der Waals surface area (Å²) in [5, 5.41) is 16.1. The van der Waals surface area contributed by atoms with Crippen molar-refractivity contribution in [2.24, 2.45) is 0 Å². The third kappa shape index (κ3) is 3.68. The molecule has 1 aliphatic rings. The van der Waals surface area contributed by atoms with Crippen LogP contribution in [0, 0.1) is 6.92 Å². The van der Waals surface area contributed by atoms with Gasteiger partial charge in [-0.15, -0.1) is 11.3 Å². The fraction of sp³-hybridized carbons (Fsp3) is 0.300. The SMILES string of the molecule is Cc1csc(-c2cccc(C(=O)N3CCC(n4cc(C(=O)O)cn4)CC3)c2)n1. The predicted molar refractivity (Wildman–Crippen MR) is 106 cm³/mol. The second-order valence-electron chi connectivity index (χ2n) is 6.91. The number of piperidine rings is 1. The summed E-state index contributed by atoms with van der Waals surface area (Å²) in [5.41, 5.74) is 2.78. The Balaban J connectivity index is 1.43. The zero-order valence-electron chi connectivity index (χ0n) is 15.4. The standard InChI is InChI=1S/C20H20N4O3S/c1-13-12-28-18(22-13)14-3-2-4-15(9-14)19(25)23-7-5-17(6-8-23)24-11-16(10-21-24)20(26)27/h2-4,9-12,17H,5-8H2,1H3,(H,26,27). The van der Waals surface area contributed by atoms with Crippen molar-refractivity contribution in [2.75, 3.05) is 13.1 Å². The molecule has 3 aromatic rings. The quantitative estimate of drug-likeness (QED) is 0.729. The van der Waals surface area contributed by atoms with Crippen LogP contribution in [-0.4, -0.2) is 49.7 Å². The predicted octanol–water partition coefficient (Wildman–Crippen LogP) is 3.49. The number of thiazole rings is 1. The summed E-state index contributed by atoms with van der Waals surface area (Å²) >= 11 is 1.57. The number of hydrogen-bond donors (Lipinski definition) is 1. The van der Waals surface area contributed by atoms with E-state index in [-0.39, 0.29) is 17.5 Å². The lowest BCUT2D eigenvalue weighted by molar-refractivity contribution is 0.0688. The average molecular weight is 396 g/mol. The molecule has 28 heavy (non-hydrogen) atoms. The van der Waals surface area contributed by atoms with Gasteiger partial charge in [-0.1, -0.05) is 12.1 Å². The number of carboxylic acids is 1. The zero-order chi connectivity index (χ0) is 19.7. The highest BCUT2D eigenvalue weighted by molar-refractivity contribution is 7.13. The van der Waals surface area contributed by atoms with E-state index in [0.29, 0.717) is 18.7 Å². The fourth-order valence-corrected chi connectivity index (χ4v) is 4.23. The van der Waals surface area contributed by atoms with Crippen LogP contribution in [0.25, 0.3) is 10.6 Å². The molecule has 1 fully saturated rings. The Morgan fingerprint density at radius 1 is 1.21 bits per heavy atom. The lowest BCUT2D eigenvalue weighted by atomic mass is 10.0. The molecule has 0 atom stereocenters. The molecule has 0 aliphatic carbocycles. The molecule has 3 heterocycles. The number of carbonyl (C=O) groups excluding carboxylic acids is 1. The van der Waals surface area contributed by atoms with Gasteiger partial charge in [0.2, 0.25) is 0 Å². The molecule has 0 spiro atoms. The number of nitrogens with zero attached hydrogens (tertiary/aromatic N) is 4. The summed E-state index contributed by atoms with van der Waals surface area (Å²) in [6, 6.07) is 7.72. The molecule has 0 bridgehead atoms. The summed E-state index contributed by atoms with van der Waals surface area (Å²) < 4.78 is 1.71. The van der Waals surface area contributed by atoms with Crippen molar-refractivity contribution < 1.29 is 14.7 Å². The second-order valence-corrected chi connectivity index (χ2v) is 7.77. The molecule has 1 amide bonds. The first kappa shape index (κ1) is 18.4. The van der Waals surface area contributed by atoms with Crippen molar-refractivity contribution in [1.29, 1.82) is 0 Å². The Kier molecular flexibility index (Phi) is 4.95. The summed E-state index contributed by atoms with van der Waals surface area (Å²) in [5.74, 6) is -0.963. The van der Waals surface area contributed by atoms with Crippen molar-refractivity contribution in [2.45, 2.75) is 25.8 Å². The van der Waals surface area contributed by atoms with E-state index in [1.54, 1.807) is 22.2 Å². The normalized spacial score (nSPS) is 15.0. The molecule has 4 rings (SSSR count). The Morgan fingerprint density at radius 3 is 2.64 bits per heavy atom. The zero-order valence-corrected chi connectivity index (χ0v) is 16.2. The maximum atomic E-state index is 12.9. The van der Waals surface area contributed by atoms with Crippen LogP contribution in [0.4, 0.5) is 0 Å². The van der Waals surface area contributed by atoms with Gasteiger partial charge < -0.3 is 10.0 Å². The van der Waals surface area contributed by atoms with Crippen LogP contribution in [-0.2, 0) is 0 Å². The van der Waals surface area contributed by atoms with Crippen molar-refractivity contribution in [3.8, 4) is 10.6 Å². The van der Waals surface area contributed by atoms with Gasteiger partial charge in [0.1, 0.15) is 5.01 Å². The summed E-state index contributed by atoms with van der Waals surface area (Å²) in [4.78, 5) is 30.3. The fourth-order valence-electron chi connectivity index (χ4n) is 3.44. The Hall–Kier alpha value is -3.00. The van der Waals surface area contributed by atoms with Gasteiger partial charge in [0.15, 0.2) is 0 Å². The highest BCUT2D eigenvalue weighted by Crippen LogP contribution is 2.27. The third-order valence-electron chi connectivity index (χ3n) is 4.95. The van der Waals surface area contributed by atoms with Crippen LogP contribution < -0.4 is 0 Å². The van der Waals surface area contributed by atoms with E-state index < -0.39 is 5.97 Å². The van der Waals surface area contributed by atoms with Gasteiger partial charge in [-0.05, 0) is 31.9 Å². The Morgan fingerprint density at radius 2 is 2.00 bits per heavy atom. The third-order valence-corrected chi connectivity index (χ3v) is 5.96. The van der Waals surface area contributed by atoms with Crippen molar-refractivity contribution >= 4 is 23.2 Å². The van der Waals surface area contributed by atoms with Gasteiger partial charge in [0.25, 0.3) is 5.91 Å². The molecule has 0 radical (unpaired) electrons. The number of aromatic nitrogens is 3. The van der Waals surface area contributed by atoms with Crippen LogP contribution in [0.1, 0.15) is 45.3 Å². The number of benzene rings is 1. The van der Waals surface area contributed by atoms with Crippen molar-refractivity contribution in [1.82, 2.24) is 19.7 Å². The van der Waals surface area contributed by atoms with Gasteiger partial charge in [0.05, 0.1) is 17.8 Å².